The number of nitrogens with zero attached hydrogens (tertiary/aromatic N) is 3. The molecule has 1 aliphatic heterocycles. The Bertz CT molecular complexity index is 1670. The van der Waals surface area contributed by atoms with Crippen LogP contribution in [0.4, 0.5) is 11.4 Å². The molecule has 194 valence electrons. The fraction of sp³-hybridized carbons (Fsp3) is 0.241. The van der Waals surface area contributed by atoms with Crippen LogP contribution in [0.2, 0.25) is 5.02 Å². The minimum atomic E-state index is -0.223. The maximum Gasteiger partial charge on any atom is 0.261 e. The number of hydrogen-bond acceptors (Lipinski definition) is 6. The van der Waals surface area contributed by atoms with Crippen LogP contribution in [-0.4, -0.2) is 53.1 Å². The summed E-state index contributed by atoms with van der Waals surface area (Å²) in [5.74, 6) is 0.514. The molecule has 6 rings (SSSR count). The van der Waals surface area contributed by atoms with Gasteiger partial charge >= 0.3 is 0 Å². The lowest BCUT2D eigenvalue weighted by Gasteiger charge is -2.34. The van der Waals surface area contributed by atoms with E-state index in [1.54, 1.807) is 6.07 Å². The summed E-state index contributed by atoms with van der Waals surface area (Å²) in [7, 11) is 2.15. The van der Waals surface area contributed by atoms with Crippen molar-refractivity contribution in [2.75, 3.05) is 43.4 Å². The van der Waals surface area contributed by atoms with E-state index in [1.165, 1.54) is 0 Å². The van der Waals surface area contributed by atoms with E-state index in [0.717, 1.165) is 59.4 Å². The molecule has 38 heavy (non-hydrogen) atoms. The number of H-pyrrole nitrogens is 2. The van der Waals surface area contributed by atoms with Crippen LogP contribution in [0, 0.1) is 0 Å². The van der Waals surface area contributed by atoms with Crippen LogP contribution in [-0.2, 0) is 13.1 Å². The van der Waals surface area contributed by atoms with Gasteiger partial charge in [-0.3, -0.25) is 4.79 Å². The average molecular weight is 528 g/mol. The molecular formula is C29H30ClN7O. The third kappa shape index (κ3) is 4.74. The zero-order valence-electron chi connectivity index (χ0n) is 21.2. The van der Waals surface area contributed by atoms with E-state index in [4.69, 9.17) is 22.3 Å². The van der Waals surface area contributed by atoms with Crippen LogP contribution in [0.5, 0.6) is 0 Å². The first kappa shape index (κ1) is 24.5. The van der Waals surface area contributed by atoms with Gasteiger partial charge in [0.25, 0.3) is 5.56 Å². The molecule has 2 aromatic heterocycles. The first-order valence-corrected chi connectivity index (χ1v) is 13.2. The summed E-state index contributed by atoms with van der Waals surface area (Å²) < 4.78 is 0. The molecule has 0 saturated carbocycles. The smallest absolute Gasteiger partial charge is 0.261 e. The molecule has 0 radical (unpaired) electrons. The van der Waals surface area contributed by atoms with Gasteiger partial charge in [0, 0.05) is 55.4 Å². The number of likely N-dealkylation sites (N-methyl/N-ethyl adjacent to an activating group) is 1. The number of aromatic nitrogens is 3. The van der Waals surface area contributed by atoms with Crippen LogP contribution in [0.1, 0.15) is 11.1 Å². The largest absolute Gasteiger partial charge is 0.380 e. The monoisotopic (exact) mass is 527 g/mol. The summed E-state index contributed by atoms with van der Waals surface area (Å²) in [4.78, 5) is 29.4. The van der Waals surface area contributed by atoms with Gasteiger partial charge in [-0.15, -0.1) is 0 Å². The summed E-state index contributed by atoms with van der Waals surface area (Å²) in [6.45, 7) is 5.05. The first-order chi connectivity index (χ1) is 18.5. The number of nitrogens with two attached hydrogens (primary N) is 1. The number of aromatic amines is 2. The third-order valence-electron chi connectivity index (χ3n) is 7.27. The van der Waals surface area contributed by atoms with Gasteiger partial charge in [-0.2, -0.15) is 0 Å². The topological polar surface area (TPSA) is 106 Å². The van der Waals surface area contributed by atoms with Crippen molar-refractivity contribution in [3.05, 3.63) is 87.2 Å². The van der Waals surface area contributed by atoms with Gasteiger partial charge in [0.2, 0.25) is 0 Å². The van der Waals surface area contributed by atoms with Crippen LogP contribution < -0.4 is 21.5 Å². The Morgan fingerprint density at radius 1 is 0.947 bits per heavy atom. The first-order valence-electron chi connectivity index (χ1n) is 12.8. The van der Waals surface area contributed by atoms with Crippen molar-refractivity contribution >= 4 is 44.9 Å². The molecule has 3 heterocycles. The van der Waals surface area contributed by atoms with E-state index >= 15 is 0 Å². The summed E-state index contributed by atoms with van der Waals surface area (Å²) in [6.07, 6.45) is 0. The van der Waals surface area contributed by atoms with E-state index in [-0.39, 0.29) is 5.56 Å². The van der Waals surface area contributed by atoms with Crippen molar-refractivity contribution in [3.8, 4) is 11.4 Å². The molecule has 0 amide bonds. The highest BCUT2D eigenvalue weighted by atomic mass is 35.5. The number of hydrogen-bond donors (Lipinski definition) is 4. The maximum atomic E-state index is 13.4. The molecule has 8 nitrogen and oxygen atoms in total. The predicted octanol–water partition coefficient (Wildman–Crippen LogP) is 4.55. The zero-order valence-corrected chi connectivity index (χ0v) is 22.0. The highest BCUT2D eigenvalue weighted by Gasteiger charge is 2.20. The highest BCUT2D eigenvalue weighted by molar-refractivity contribution is 6.31. The number of piperazine rings is 1. The normalized spacial score (nSPS) is 14.4. The Morgan fingerprint density at radius 3 is 2.47 bits per heavy atom. The molecule has 0 atom stereocenters. The van der Waals surface area contributed by atoms with Gasteiger partial charge in [0.1, 0.15) is 11.4 Å². The number of benzene rings is 3. The second kappa shape index (κ2) is 10.1. The molecule has 0 aliphatic carbocycles. The van der Waals surface area contributed by atoms with E-state index in [2.05, 4.69) is 44.3 Å². The number of halogens is 1. The number of anilines is 2. The fourth-order valence-corrected chi connectivity index (χ4v) is 5.21. The van der Waals surface area contributed by atoms with Crippen molar-refractivity contribution in [1.29, 1.82) is 0 Å². The van der Waals surface area contributed by atoms with E-state index in [1.807, 2.05) is 42.5 Å². The van der Waals surface area contributed by atoms with Gasteiger partial charge in [-0.1, -0.05) is 35.9 Å². The molecule has 3 aromatic carbocycles. The minimum absolute atomic E-state index is 0.223. The fourth-order valence-electron chi connectivity index (χ4n) is 5.04. The van der Waals surface area contributed by atoms with Gasteiger partial charge in [-0.05, 0) is 54.6 Å². The Kier molecular flexibility index (Phi) is 6.53. The van der Waals surface area contributed by atoms with Gasteiger partial charge in [0.05, 0.1) is 22.2 Å². The van der Waals surface area contributed by atoms with E-state index in [0.29, 0.717) is 40.7 Å². The average Bonchev–Trinajstić information content (AvgIpc) is 3.35. The van der Waals surface area contributed by atoms with Crippen LogP contribution >= 0.6 is 11.6 Å². The molecule has 1 fully saturated rings. The Morgan fingerprint density at radius 2 is 1.71 bits per heavy atom. The molecule has 0 bridgehead atoms. The van der Waals surface area contributed by atoms with Crippen molar-refractivity contribution in [1.82, 2.24) is 19.9 Å². The Labute approximate surface area is 225 Å². The molecule has 1 saturated heterocycles. The number of imidazole rings is 1. The van der Waals surface area contributed by atoms with Crippen LogP contribution in [0.25, 0.3) is 33.3 Å². The van der Waals surface area contributed by atoms with Gasteiger partial charge in [-0.25, -0.2) is 4.98 Å². The summed E-state index contributed by atoms with van der Waals surface area (Å²) in [5, 5.41) is 4.92. The summed E-state index contributed by atoms with van der Waals surface area (Å²) >= 11 is 6.38. The van der Waals surface area contributed by atoms with Crippen molar-refractivity contribution < 1.29 is 0 Å². The number of nitrogens with one attached hydrogen (secondary N) is 3. The van der Waals surface area contributed by atoms with E-state index < -0.39 is 0 Å². The molecule has 1 aliphatic rings. The standard InChI is InChI=1S/C29H30ClN7O/c1-36-10-12-37(13-11-36)21-7-9-24-25(15-21)34-28(33-24)26-27(32-17-19-4-2-18(16-31)3-5-19)22-14-20(30)6-8-23(22)35-29(26)38/h2-9,14-15H,10-13,16-17,31H2,1H3,(H,33,34)(H2,32,35,38). The van der Waals surface area contributed by atoms with Crippen molar-refractivity contribution in [3.63, 3.8) is 0 Å². The predicted molar refractivity (Wildman–Crippen MR) is 156 cm³/mol. The number of rotatable bonds is 6. The van der Waals surface area contributed by atoms with Gasteiger partial charge in [0.15, 0.2) is 0 Å². The quantitative estimate of drug-likeness (QED) is 0.258. The summed E-state index contributed by atoms with van der Waals surface area (Å²) in [6, 6.07) is 19.8. The molecular weight excluding hydrogens is 498 g/mol. The number of fused-ring (bicyclic) bond motifs is 2. The SMILES string of the molecule is CN1CCN(c2ccc3nc(-c4c(NCc5ccc(CN)cc5)c5cc(Cl)ccc5[nH]c4=O)[nH]c3c2)CC1. The highest BCUT2D eigenvalue weighted by Crippen LogP contribution is 2.33. The summed E-state index contributed by atoms with van der Waals surface area (Å²) in [5.41, 5.74) is 12.4. The Hall–Kier alpha value is -3.85. The second-order valence-electron chi connectivity index (χ2n) is 9.85. The van der Waals surface area contributed by atoms with Gasteiger partial charge < -0.3 is 30.8 Å². The molecule has 5 aromatic rings. The molecule has 0 unspecified atom stereocenters. The zero-order chi connectivity index (χ0) is 26.2. The number of pyridine rings is 1. The lowest BCUT2D eigenvalue weighted by Crippen LogP contribution is -2.44. The third-order valence-corrected chi connectivity index (χ3v) is 7.51. The molecule has 0 spiro atoms. The van der Waals surface area contributed by atoms with Crippen molar-refractivity contribution in [2.45, 2.75) is 13.1 Å². The maximum absolute atomic E-state index is 13.4. The van der Waals surface area contributed by atoms with Crippen LogP contribution in [0.15, 0.2) is 65.5 Å². The van der Waals surface area contributed by atoms with Crippen LogP contribution in [0.3, 0.4) is 0 Å². The molecule has 9 heteroatoms. The lowest BCUT2D eigenvalue weighted by atomic mass is 10.1. The Balaban J connectivity index is 1.42. The minimum Gasteiger partial charge on any atom is -0.380 e. The second-order valence-corrected chi connectivity index (χ2v) is 10.3. The molecule has 5 N–H and O–H groups in total. The van der Waals surface area contributed by atoms with E-state index in [9.17, 15) is 4.79 Å². The van der Waals surface area contributed by atoms with Crippen molar-refractivity contribution in [2.24, 2.45) is 5.73 Å². The lowest BCUT2D eigenvalue weighted by molar-refractivity contribution is 0.313.